The van der Waals surface area contributed by atoms with Crippen molar-refractivity contribution in [2.75, 3.05) is 29.0 Å². The van der Waals surface area contributed by atoms with Crippen molar-refractivity contribution in [1.82, 2.24) is 15.3 Å². The number of aromatic hydroxyl groups is 1. The van der Waals surface area contributed by atoms with Crippen LogP contribution in [0.25, 0.3) is 11.0 Å². The molecule has 0 spiro atoms. The average molecular weight is 585 g/mol. The van der Waals surface area contributed by atoms with Crippen LogP contribution in [0.3, 0.4) is 0 Å². The van der Waals surface area contributed by atoms with Crippen molar-refractivity contribution in [3.8, 4) is 11.5 Å². The first-order valence-corrected chi connectivity index (χ1v) is 14.4. The number of aromatic nitrogens is 2. The highest BCUT2D eigenvalue weighted by Crippen LogP contribution is 2.31. The molecule has 0 aliphatic heterocycles. The number of hydrogen-bond acceptors (Lipinski definition) is 9. The fourth-order valence-electron chi connectivity index (χ4n) is 4.12. The molecule has 214 valence electrons. The van der Waals surface area contributed by atoms with E-state index in [0.29, 0.717) is 34.7 Å². The number of fused-ring (bicyclic) bond motifs is 1. The second-order valence-electron chi connectivity index (χ2n) is 9.22. The third-order valence-electron chi connectivity index (χ3n) is 6.08. The van der Waals surface area contributed by atoms with Gasteiger partial charge in [0.2, 0.25) is 5.91 Å². The lowest BCUT2D eigenvalue weighted by molar-refractivity contribution is -0.115. The van der Waals surface area contributed by atoms with Crippen LogP contribution in [0.15, 0.2) is 102 Å². The van der Waals surface area contributed by atoms with Crippen LogP contribution in [-0.2, 0) is 21.4 Å². The Balaban J connectivity index is 1.35. The molecule has 5 aromatic rings. The molecule has 0 radical (unpaired) electrons. The molecule has 0 saturated carbocycles. The number of benzene rings is 4. The number of methoxy groups -OCH3 is 1. The Morgan fingerprint density at radius 2 is 1.55 bits per heavy atom. The molecule has 0 bridgehead atoms. The van der Waals surface area contributed by atoms with E-state index in [1.54, 1.807) is 36.4 Å². The van der Waals surface area contributed by atoms with Crippen LogP contribution in [-0.4, -0.2) is 43.1 Å². The topological polar surface area (TPSA) is 155 Å². The van der Waals surface area contributed by atoms with Gasteiger partial charge in [0.1, 0.15) is 11.5 Å². The molecule has 0 unspecified atom stereocenters. The second-order valence-corrected chi connectivity index (χ2v) is 10.9. The van der Waals surface area contributed by atoms with Gasteiger partial charge in [-0.05, 0) is 35.9 Å². The first-order chi connectivity index (χ1) is 20.3. The normalized spacial score (nSPS) is 11.2. The molecule has 0 atom stereocenters. The molecule has 0 saturated heterocycles. The first kappa shape index (κ1) is 28.3. The third kappa shape index (κ3) is 7.11. The number of carbonyl (C=O) groups is 1. The van der Waals surface area contributed by atoms with Crippen molar-refractivity contribution in [1.29, 1.82) is 0 Å². The minimum atomic E-state index is -4.16. The SMILES string of the molecule is COc1cc(O)cc(Nc2nc3ccccc3nc2NS(=O)(=O)c2cccc(NC(=O)CNCc3ccccc3)c2)c1. The van der Waals surface area contributed by atoms with Crippen LogP contribution < -0.4 is 25.4 Å². The third-order valence-corrected chi connectivity index (χ3v) is 7.41. The number of rotatable bonds is 11. The van der Waals surface area contributed by atoms with Crippen LogP contribution >= 0.6 is 0 Å². The highest BCUT2D eigenvalue weighted by molar-refractivity contribution is 7.92. The Bertz CT molecular complexity index is 1830. The van der Waals surface area contributed by atoms with Gasteiger partial charge in [-0.2, -0.15) is 0 Å². The molecule has 1 heterocycles. The average Bonchev–Trinajstić information content (AvgIpc) is 2.97. The summed E-state index contributed by atoms with van der Waals surface area (Å²) in [5, 5.41) is 18.9. The van der Waals surface area contributed by atoms with Crippen LogP contribution in [0, 0.1) is 0 Å². The summed E-state index contributed by atoms with van der Waals surface area (Å²) in [5.41, 5.74) is 2.76. The second kappa shape index (κ2) is 12.5. The van der Waals surface area contributed by atoms with E-state index in [4.69, 9.17) is 4.74 Å². The molecule has 0 aliphatic rings. The number of sulfonamides is 1. The maximum absolute atomic E-state index is 13.5. The van der Waals surface area contributed by atoms with E-state index in [0.717, 1.165) is 5.56 Å². The summed E-state index contributed by atoms with van der Waals surface area (Å²) in [6, 6.07) is 27.1. The fraction of sp³-hybridized carbons (Fsp3) is 0.100. The van der Waals surface area contributed by atoms with Gasteiger partial charge < -0.3 is 25.8 Å². The van der Waals surface area contributed by atoms with Crippen LogP contribution in [0.2, 0.25) is 0 Å². The summed E-state index contributed by atoms with van der Waals surface area (Å²) < 4.78 is 34.7. The Kier molecular flexibility index (Phi) is 8.46. The van der Waals surface area contributed by atoms with E-state index in [2.05, 4.69) is 30.6 Å². The Hall–Kier alpha value is -5.20. The van der Waals surface area contributed by atoms with Gasteiger partial charge >= 0.3 is 0 Å². The minimum absolute atomic E-state index is 0.0473. The highest BCUT2D eigenvalue weighted by atomic mass is 32.2. The van der Waals surface area contributed by atoms with Crippen molar-refractivity contribution in [2.24, 2.45) is 0 Å². The lowest BCUT2D eigenvalue weighted by atomic mass is 10.2. The van der Waals surface area contributed by atoms with Gasteiger partial charge in [0.25, 0.3) is 10.0 Å². The number of anilines is 4. The quantitative estimate of drug-likeness (QED) is 0.150. The Labute approximate surface area is 242 Å². The molecule has 0 aliphatic carbocycles. The number of phenolic OH excluding ortho intramolecular Hbond substituents is 1. The molecule has 4 aromatic carbocycles. The monoisotopic (exact) mass is 584 g/mol. The van der Waals surface area contributed by atoms with E-state index < -0.39 is 10.0 Å². The number of hydrogen-bond donors (Lipinski definition) is 5. The van der Waals surface area contributed by atoms with Crippen molar-refractivity contribution in [3.63, 3.8) is 0 Å². The largest absolute Gasteiger partial charge is 0.508 e. The Morgan fingerprint density at radius 3 is 2.29 bits per heavy atom. The van der Waals surface area contributed by atoms with E-state index in [1.807, 2.05) is 30.3 Å². The van der Waals surface area contributed by atoms with Crippen LogP contribution in [0.1, 0.15) is 5.56 Å². The maximum Gasteiger partial charge on any atom is 0.263 e. The first-order valence-electron chi connectivity index (χ1n) is 12.9. The molecule has 5 N–H and O–H groups in total. The molecule has 11 nitrogen and oxygen atoms in total. The van der Waals surface area contributed by atoms with Crippen molar-refractivity contribution < 1.29 is 23.1 Å². The Morgan fingerprint density at radius 1 is 0.833 bits per heavy atom. The van der Waals surface area contributed by atoms with E-state index >= 15 is 0 Å². The maximum atomic E-state index is 13.5. The van der Waals surface area contributed by atoms with Gasteiger partial charge in [-0.15, -0.1) is 0 Å². The molecular weight excluding hydrogens is 556 g/mol. The number of phenols is 1. The summed E-state index contributed by atoms with van der Waals surface area (Å²) in [5.74, 6) is 0.0701. The van der Waals surface area contributed by atoms with Crippen molar-refractivity contribution in [3.05, 3.63) is 103 Å². The minimum Gasteiger partial charge on any atom is -0.508 e. The molecule has 0 fully saturated rings. The number of carbonyl (C=O) groups excluding carboxylic acids is 1. The molecule has 5 rings (SSSR count). The summed E-state index contributed by atoms with van der Waals surface area (Å²) in [4.78, 5) is 21.4. The lowest BCUT2D eigenvalue weighted by Gasteiger charge is -2.15. The van der Waals surface area contributed by atoms with Gasteiger partial charge in [0.05, 0.1) is 29.6 Å². The summed E-state index contributed by atoms with van der Waals surface area (Å²) in [6.45, 7) is 0.566. The zero-order valence-corrected chi connectivity index (χ0v) is 23.4. The standard InChI is InChI=1S/C30H28N6O5S/c1-41-24-15-22(14-23(37)17-24)33-29-30(35-27-13-6-5-12-26(27)34-29)36-42(39,40)25-11-7-10-21(16-25)32-28(38)19-31-18-20-8-3-2-4-9-20/h2-17,31,37H,18-19H2,1H3,(H,32,38)(H,33,34)(H,35,36). The van der Waals surface area contributed by atoms with Crippen LogP contribution in [0.4, 0.5) is 23.0 Å². The number of para-hydroxylation sites is 2. The number of nitrogens with one attached hydrogen (secondary N) is 4. The van der Waals surface area contributed by atoms with Gasteiger partial charge in [-0.3, -0.25) is 9.52 Å². The van der Waals surface area contributed by atoms with Gasteiger partial charge in [0, 0.05) is 36.1 Å². The van der Waals surface area contributed by atoms with Gasteiger partial charge in [-0.25, -0.2) is 18.4 Å². The van der Waals surface area contributed by atoms with E-state index in [-0.39, 0.29) is 34.7 Å². The van der Waals surface area contributed by atoms with Gasteiger partial charge in [0.15, 0.2) is 11.6 Å². The lowest BCUT2D eigenvalue weighted by Crippen LogP contribution is -2.27. The van der Waals surface area contributed by atoms with Crippen LogP contribution in [0.5, 0.6) is 11.5 Å². The number of nitrogens with zero attached hydrogens (tertiary/aromatic N) is 2. The summed E-state index contributed by atoms with van der Waals surface area (Å²) in [6.07, 6.45) is 0. The van der Waals surface area contributed by atoms with E-state index in [9.17, 15) is 18.3 Å². The van der Waals surface area contributed by atoms with Gasteiger partial charge in [-0.1, -0.05) is 48.5 Å². The predicted molar refractivity (Wildman–Crippen MR) is 162 cm³/mol. The number of ether oxygens (including phenoxy) is 1. The van der Waals surface area contributed by atoms with Crippen molar-refractivity contribution in [2.45, 2.75) is 11.4 Å². The zero-order chi connectivity index (χ0) is 29.5. The fourth-order valence-corrected chi connectivity index (χ4v) is 5.17. The van der Waals surface area contributed by atoms with Crippen molar-refractivity contribution >= 4 is 50.0 Å². The molecule has 12 heteroatoms. The molecule has 1 amide bonds. The summed E-state index contributed by atoms with van der Waals surface area (Å²) >= 11 is 0. The predicted octanol–water partition coefficient (Wildman–Crippen LogP) is 4.62. The highest BCUT2D eigenvalue weighted by Gasteiger charge is 2.20. The molecule has 1 aromatic heterocycles. The van der Waals surface area contributed by atoms with E-state index in [1.165, 1.54) is 37.4 Å². The molecule has 42 heavy (non-hydrogen) atoms. The smallest absolute Gasteiger partial charge is 0.263 e. The molecular formula is C30H28N6O5S. The number of amides is 1. The summed E-state index contributed by atoms with van der Waals surface area (Å²) in [7, 11) is -2.70. The zero-order valence-electron chi connectivity index (χ0n) is 22.5.